The highest BCUT2D eigenvalue weighted by atomic mass is 19.1. The molecular formula is C35H35FN8O. The van der Waals surface area contributed by atoms with Crippen molar-refractivity contribution >= 4 is 39.2 Å². The summed E-state index contributed by atoms with van der Waals surface area (Å²) in [5.41, 5.74) is 8.53. The Kier molecular flexibility index (Phi) is 7.72. The number of aromatic nitrogens is 5. The van der Waals surface area contributed by atoms with Gasteiger partial charge in [-0.1, -0.05) is 25.0 Å². The smallest absolute Gasteiger partial charge is 0.227 e. The molecule has 1 aliphatic rings. The standard InChI is InChI=1S/C35H35FN8O/c1-44(2)13-12-38-25-15-22(14-24(36)17-25)27-8-5-9-30-28(27)18-32(40-30)34-33-31(42-43-34)11-10-29(41-33)23-16-26(20-37-19-23)39-35(45)21-6-3-4-7-21/h5,8-11,14-21,38,40H,3-4,6-7,12-13H2,1-2H3,(H,39,45)(H,42,43). The average molecular weight is 603 g/mol. The molecule has 10 heteroatoms. The van der Waals surface area contributed by atoms with E-state index < -0.39 is 0 Å². The molecule has 0 spiro atoms. The molecule has 0 radical (unpaired) electrons. The number of carbonyl (C=O) groups excluding carboxylic acids is 1. The highest BCUT2D eigenvalue weighted by molar-refractivity contribution is 6.01. The lowest BCUT2D eigenvalue weighted by molar-refractivity contribution is -0.119. The summed E-state index contributed by atoms with van der Waals surface area (Å²) in [5.74, 6) is -0.166. The normalized spacial score (nSPS) is 13.7. The van der Waals surface area contributed by atoms with Crippen molar-refractivity contribution in [1.29, 1.82) is 0 Å². The number of likely N-dealkylation sites (N-methyl/N-ethyl adjacent to an activating group) is 1. The van der Waals surface area contributed by atoms with Crippen molar-refractivity contribution in [3.8, 4) is 33.8 Å². The van der Waals surface area contributed by atoms with Crippen LogP contribution in [-0.4, -0.2) is 63.1 Å². The first kappa shape index (κ1) is 28.7. The zero-order valence-electron chi connectivity index (χ0n) is 25.3. The van der Waals surface area contributed by atoms with Crippen LogP contribution in [0, 0.1) is 11.7 Å². The van der Waals surface area contributed by atoms with Gasteiger partial charge in [0.15, 0.2) is 0 Å². The van der Waals surface area contributed by atoms with Crippen LogP contribution in [0.2, 0.25) is 0 Å². The van der Waals surface area contributed by atoms with Gasteiger partial charge in [-0.25, -0.2) is 9.37 Å². The Morgan fingerprint density at radius 1 is 0.978 bits per heavy atom. The third kappa shape index (κ3) is 6.01. The molecule has 1 amide bonds. The summed E-state index contributed by atoms with van der Waals surface area (Å²) in [6.07, 6.45) is 7.50. The fraction of sp³-hybridized carbons (Fsp3) is 0.257. The van der Waals surface area contributed by atoms with Crippen LogP contribution in [0.1, 0.15) is 25.7 Å². The zero-order chi connectivity index (χ0) is 30.9. The molecule has 4 heterocycles. The molecule has 0 atom stereocenters. The van der Waals surface area contributed by atoms with E-state index in [-0.39, 0.29) is 17.6 Å². The summed E-state index contributed by atoms with van der Waals surface area (Å²) in [5, 5.41) is 15.0. The Bertz CT molecular complexity index is 2010. The number of carbonyl (C=O) groups is 1. The van der Waals surface area contributed by atoms with Crippen LogP contribution >= 0.6 is 0 Å². The Labute approximate surface area is 260 Å². The molecule has 1 saturated carbocycles. The predicted molar refractivity (Wildman–Crippen MR) is 177 cm³/mol. The van der Waals surface area contributed by atoms with Gasteiger partial charge in [0.1, 0.15) is 17.0 Å². The molecule has 6 aromatic rings. The topological polar surface area (TPSA) is 115 Å². The first-order valence-electron chi connectivity index (χ1n) is 15.3. The van der Waals surface area contributed by atoms with Crippen molar-refractivity contribution < 1.29 is 9.18 Å². The number of nitrogens with zero attached hydrogens (tertiary/aromatic N) is 4. The van der Waals surface area contributed by atoms with Crippen LogP contribution in [0.3, 0.4) is 0 Å². The van der Waals surface area contributed by atoms with E-state index in [4.69, 9.17) is 4.98 Å². The second-order valence-corrected chi connectivity index (χ2v) is 12.0. The Morgan fingerprint density at radius 2 is 1.82 bits per heavy atom. The van der Waals surface area contributed by atoms with Gasteiger partial charge in [0.2, 0.25) is 5.91 Å². The molecule has 45 heavy (non-hydrogen) atoms. The molecule has 4 N–H and O–H groups in total. The van der Waals surface area contributed by atoms with Crippen LogP contribution in [0.25, 0.3) is 55.7 Å². The van der Waals surface area contributed by atoms with Crippen molar-refractivity contribution in [2.45, 2.75) is 25.7 Å². The summed E-state index contributed by atoms with van der Waals surface area (Å²) < 4.78 is 14.7. The average Bonchev–Trinajstić information content (AvgIpc) is 3.80. The molecule has 0 unspecified atom stereocenters. The van der Waals surface area contributed by atoms with E-state index in [0.29, 0.717) is 23.4 Å². The molecule has 1 fully saturated rings. The number of H-pyrrole nitrogens is 2. The highest BCUT2D eigenvalue weighted by Gasteiger charge is 2.23. The first-order valence-corrected chi connectivity index (χ1v) is 15.3. The maximum absolute atomic E-state index is 14.7. The summed E-state index contributed by atoms with van der Waals surface area (Å²) in [4.78, 5) is 27.6. The van der Waals surface area contributed by atoms with E-state index in [2.05, 4.69) is 35.7 Å². The number of amides is 1. The summed E-state index contributed by atoms with van der Waals surface area (Å²) >= 11 is 0. The van der Waals surface area contributed by atoms with Gasteiger partial charge >= 0.3 is 0 Å². The zero-order valence-corrected chi connectivity index (χ0v) is 25.3. The highest BCUT2D eigenvalue weighted by Crippen LogP contribution is 2.35. The second kappa shape index (κ2) is 12.1. The molecule has 9 nitrogen and oxygen atoms in total. The van der Waals surface area contributed by atoms with Gasteiger partial charge in [-0.15, -0.1) is 0 Å². The number of hydrogen-bond donors (Lipinski definition) is 4. The van der Waals surface area contributed by atoms with E-state index in [1.807, 2.05) is 62.6 Å². The number of halogens is 1. The Hall–Kier alpha value is -5.09. The first-order chi connectivity index (χ1) is 21.9. The van der Waals surface area contributed by atoms with Crippen molar-refractivity contribution in [1.82, 2.24) is 30.0 Å². The van der Waals surface area contributed by atoms with Gasteiger partial charge in [-0.3, -0.25) is 14.9 Å². The molecule has 0 saturated heterocycles. The number of pyridine rings is 2. The maximum atomic E-state index is 14.7. The number of hydrogen-bond acceptors (Lipinski definition) is 6. The third-order valence-corrected chi connectivity index (χ3v) is 8.45. The molecule has 7 rings (SSSR count). The largest absolute Gasteiger partial charge is 0.384 e. The van der Waals surface area contributed by atoms with Gasteiger partial charge in [-0.05, 0) is 86.6 Å². The van der Waals surface area contributed by atoms with E-state index in [1.54, 1.807) is 18.5 Å². The van der Waals surface area contributed by atoms with Crippen LogP contribution in [0.5, 0.6) is 0 Å². The van der Waals surface area contributed by atoms with Crippen LogP contribution < -0.4 is 10.6 Å². The number of rotatable bonds is 9. The van der Waals surface area contributed by atoms with E-state index in [9.17, 15) is 9.18 Å². The SMILES string of the molecule is CN(C)CCNc1cc(F)cc(-c2cccc3[nH]c(-c4n[nH]c5ccc(-c6cncc(NC(=O)C7CCCC7)c6)nc45)cc23)c1. The molecule has 0 bridgehead atoms. The van der Waals surface area contributed by atoms with Crippen molar-refractivity contribution in [3.63, 3.8) is 0 Å². The molecule has 1 aliphatic carbocycles. The van der Waals surface area contributed by atoms with E-state index in [1.165, 1.54) is 6.07 Å². The number of fused-ring (bicyclic) bond motifs is 2. The summed E-state index contributed by atoms with van der Waals surface area (Å²) in [6.45, 7) is 1.56. The molecule has 4 aromatic heterocycles. The Balaban J connectivity index is 1.20. The fourth-order valence-corrected chi connectivity index (χ4v) is 6.13. The Morgan fingerprint density at radius 3 is 2.67 bits per heavy atom. The van der Waals surface area contributed by atoms with Crippen LogP contribution in [0.15, 0.2) is 73.1 Å². The second-order valence-electron chi connectivity index (χ2n) is 12.0. The van der Waals surface area contributed by atoms with Gasteiger partial charge in [0.05, 0.1) is 28.8 Å². The fourth-order valence-electron chi connectivity index (χ4n) is 6.13. The third-order valence-electron chi connectivity index (χ3n) is 8.45. The minimum absolute atomic E-state index is 0.0558. The van der Waals surface area contributed by atoms with Crippen LogP contribution in [0.4, 0.5) is 15.8 Å². The lowest BCUT2D eigenvalue weighted by Crippen LogP contribution is -2.20. The van der Waals surface area contributed by atoms with Gasteiger partial charge in [0.25, 0.3) is 0 Å². The van der Waals surface area contributed by atoms with Crippen molar-refractivity contribution in [2.75, 3.05) is 37.8 Å². The van der Waals surface area contributed by atoms with Gasteiger partial charge in [-0.2, -0.15) is 5.10 Å². The molecular weight excluding hydrogens is 567 g/mol. The lowest BCUT2D eigenvalue weighted by Gasteiger charge is -2.13. The number of benzene rings is 2. The number of aromatic amines is 2. The van der Waals surface area contributed by atoms with E-state index >= 15 is 0 Å². The maximum Gasteiger partial charge on any atom is 0.227 e. The monoisotopic (exact) mass is 602 g/mol. The van der Waals surface area contributed by atoms with Gasteiger partial charge in [0, 0.05) is 47.4 Å². The van der Waals surface area contributed by atoms with E-state index in [0.717, 1.165) is 82.4 Å². The number of nitrogens with one attached hydrogen (secondary N) is 4. The predicted octanol–water partition coefficient (Wildman–Crippen LogP) is 7.08. The minimum Gasteiger partial charge on any atom is -0.384 e. The van der Waals surface area contributed by atoms with Crippen LogP contribution in [-0.2, 0) is 4.79 Å². The lowest BCUT2D eigenvalue weighted by atomic mass is 10.0. The van der Waals surface area contributed by atoms with Gasteiger partial charge < -0.3 is 20.5 Å². The van der Waals surface area contributed by atoms with Crippen molar-refractivity contribution in [2.24, 2.45) is 5.92 Å². The quantitative estimate of drug-likeness (QED) is 0.141. The molecule has 2 aromatic carbocycles. The molecule has 0 aliphatic heterocycles. The minimum atomic E-state index is -0.292. The van der Waals surface area contributed by atoms with Crippen molar-refractivity contribution in [3.05, 3.63) is 78.9 Å². The summed E-state index contributed by atoms with van der Waals surface area (Å²) in [6, 6.07) is 18.9. The number of anilines is 2. The molecule has 228 valence electrons. The summed E-state index contributed by atoms with van der Waals surface area (Å²) in [7, 11) is 4.02.